The molecule has 2 fully saturated rings. The van der Waals surface area contributed by atoms with Gasteiger partial charge in [-0.1, -0.05) is 38.0 Å². The number of hydrogen-bond donors (Lipinski definition) is 2. The maximum Gasteiger partial charge on any atom is 0.327 e. The maximum atomic E-state index is 12.9. The van der Waals surface area contributed by atoms with Crippen LogP contribution < -0.4 is 10.6 Å². The Balaban J connectivity index is 1.60. The normalized spacial score (nSPS) is 24.5. The number of nitrogens with zero attached hydrogens (tertiary/aromatic N) is 1. The Hall–Kier alpha value is -2.90. The molecular weight excluding hydrogens is 386 g/mol. The fourth-order valence-corrected chi connectivity index (χ4v) is 4.29. The van der Waals surface area contributed by atoms with E-state index < -0.39 is 36.1 Å². The lowest BCUT2D eigenvalue weighted by Gasteiger charge is -2.36. The van der Waals surface area contributed by atoms with E-state index in [9.17, 15) is 19.2 Å². The van der Waals surface area contributed by atoms with E-state index >= 15 is 0 Å². The molecule has 1 aliphatic carbocycles. The van der Waals surface area contributed by atoms with Gasteiger partial charge in [-0.3, -0.25) is 19.3 Å². The molecule has 1 aromatic carbocycles. The number of amides is 4. The van der Waals surface area contributed by atoms with Crippen LogP contribution in [0, 0.1) is 19.8 Å². The lowest BCUT2D eigenvalue weighted by molar-refractivity contribution is -0.155. The molecule has 1 saturated carbocycles. The van der Waals surface area contributed by atoms with Crippen LogP contribution in [0.3, 0.4) is 0 Å². The van der Waals surface area contributed by atoms with Crippen LogP contribution in [-0.4, -0.2) is 46.9 Å². The van der Waals surface area contributed by atoms with Crippen LogP contribution in [-0.2, 0) is 19.1 Å². The van der Waals surface area contributed by atoms with Crippen LogP contribution in [0.5, 0.6) is 0 Å². The molecule has 30 heavy (non-hydrogen) atoms. The molecule has 8 heteroatoms. The van der Waals surface area contributed by atoms with Gasteiger partial charge in [0, 0.05) is 5.69 Å². The summed E-state index contributed by atoms with van der Waals surface area (Å²) in [5, 5.41) is 5.57. The van der Waals surface area contributed by atoms with Crippen LogP contribution in [0.25, 0.3) is 0 Å². The van der Waals surface area contributed by atoms with Crippen molar-refractivity contribution in [2.24, 2.45) is 5.92 Å². The zero-order valence-electron chi connectivity index (χ0n) is 17.9. The third-order valence-corrected chi connectivity index (χ3v) is 6.20. The predicted molar refractivity (Wildman–Crippen MR) is 111 cm³/mol. The first-order valence-electron chi connectivity index (χ1n) is 10.4. The van der Waals surface area contributed by atoms with Gasteiger partial charge in [-0.15, -0.1) is 0 Å². The first kappa shape index (κ1) is 21.8. The highest BCUT2D eigenvalue weighted by molar-refractivity contribution is 6.09. The first-order valence-corrected chi connectivity index (χ1v) is 10.4. The molecule has 4 amide bonds. The van der Waals surface area contributed by atoms with Crippen molar-refractivity contribution < 1.29 is 23.9 Å². The number of esters is 1. The van der Waals surface area contributed by atoms with Crippen molar-refractivity contribution in [1.29, 1.82) is 0 Å². The van der Waals surface area contributed by atoms with E-state index in [1.165, 1.54) is 6.92 Å². The highest BCUT2D eigenvalue weighted by Crippen LogP contribution is 2.38. The molecule has 2 aliphatic rings. The van der Waals surface area contributed by atoms with Crippen molar-refractivity contribution in [2.45, 2.75) is 65.0 Å². The topological polar surface area (TPSA) is 105 Å². The summed E-state index contributed by atoms with van der Waals surface area (Å²) >= 11 is 0. The number of ether oxygens (including phenoxy) is 1. The van der Waals surface area contributed by atoms with Crippen molar-refractivity contribution in [2.75, 3.05) is 11.9 Å². The Morgan fingerprint density at radius 2 is 1.93 bits per heavy atom. The molecule has 1 heterocycles. The minimum atomic E-state index is -1.07. The van der Waals surface area contributed by atoms with Gasteiger partial charge in [-0.25, -0.2) is 4.79 Å². The van der Waals surface area contributed by atoms with E-state index in [0.29, 0.717) is 12.1 Å². The monoisotopic (exact) mass is 415 g/mol. The Labute approximate surface area is 176 Å². The smallest absolute Gasteiger partial charge is 0.327 e. The summed E-state index contributed by atoms with van der Waals surface area (Å²) in [5.41, 5.74) is 1.54. The summed E-state index contributed by atoms with van der Waals surface area (Å²) in [7, 11) is 0. The third kappa shape index (κ3) is 4.04. The number of nitrogens with one attached hydrogen (secondary N) is 2. The number of benzene rings is 1. The number of hydrogen-bond acceptors (Lipinski definition) is 5. The maximum absolute atomic E-state index is 12.9. The Morgan fingerprint density at radius 3 is 2.57 bits per heavy atom. The lowest BCUT2D eigenvalue weighted by atomic mass is 9.73. The van der Waals surface area contributed by atoms with E-state index in [0.717, 1.165) is 35.3 Å². The van der Waals surface area contributed by atoms with E-state index in [1.54, 1.807) is 0 Å². The number of anilines is 1. The van der Waals surface area contributed by atoms with Crippen LogP contribution in [0.4, 0.5) is 10.5 Å². The van der Waals surface area contributed by atoms with Crippen molar-refractivity contribution >= 4 is 29.5 Å². The average molecular weight is 415 g/mol. The molecule has 2 N–H and O–H groups in total. The SMILES string of the molecule is Cc1cccc(C)c1NC(=O)[C@H](C)OC(=O)CN1C(=O)N[C@@]2(CCCC[C@@H]2C)C1=O. The zero-order valence-corrected chi connectivity index (χ0v) is 17.9. The van der Waals surface area contributed by atoms with Gasteiger partial charge in [0.15, 0.2) is 6.10 Å². The Kier molecular flexibility index (Phi) is 6.14. The number of aryl methyl sites for hydroxylation is 2. The summed E-state index contributed by atoms with van der Waals surface area (Å²) in [6.45, 7) is 6.63. The molecule has 162 valence electrons. The first-order chi connectivity index (χ1) is 14.2. The molecule has 1 aliphatic heterocycles. The number of carbonyl (C=O) groups is 4. The second-order valence-electron chi connectivity index (χ2n) is 8.33. The summed E-state index contributed by atoms with van der Waals surface area (Å²) < 4.78 is 5.20. The minimum absolute atomic E-state index is 0.00535. The molecule has 0 aromatic heterocycles. The van der Waals surface area contributed by atoms with Crippen molar-refractivity contribution in [3.63, 3.8) is 0 Å². The molecule has 0 unspecified atom stereocenters. The van der Waals surface area contributed by atoms with Gasteiger partial charge in [0.2, 0.25) is 0 Å². The van der Waals surface area contributed by atoms with Gasteiger partial charge in [0.1, 0.15) is 12.1 Å². The van der Waals surface area contributed by atoms with E-state index in [-0.39, 0.29) is 11.8 Å². The molecule has 0 bridgehead atoms. The summed E-state index contributed by atoms with van der Waals surface area (Å²) in [4.78, 5) is 51.0. The number of carbonyl (C=O) groups excluding carboxylic acids is 4. The summed E-state index contributed by atoms with van der Waals surface area (Å²) in [6.07, 6.45) is 2.21. The fraction of sp³-hybridized carbons (Fsp3) is 0.545. The second-order valence-corrected chi connectivity index (χ2v) is 8.33. The van der Waals surface area contributed by atoms with Gasteiger partial charge < -0.3 is 15.4 Å². The minimum Gasteiger partial charge on any atom is -0.451 e. The van der Waals surface area contributed by atoms with Gasteiger partial charge >= 0.3 is 12.0 Å². The van der Waals surface area contributed by atoms with Crippen LogP contribution >= 0.6 is 0 Å². The lowest BCUT2D eigenvalue weighted by Crippen LogP contribution is -2.54. The van der Waals surface area contributed by atoms with E-state index in [1.807, 2.05) is 39.0 Å². The highest BCUT2D eigenvalue weighted by atomic mass is 16.5. The molecule has 0 radical (unpaired) electrons. The summed E-state index contributed by atoms with van der Waals surface area (Å²) in [6, 6.07) is 5.05. The molecule has 1 saturated heterocycles. The van der Waals surface area contributed by atoms with Gasteiger partial charge in [-0.2, -0.15) is 0 Å². The number of rotatable bonds is 5. The molecule has 8 nitrogen and oxygen atoms in total. The van der Waals surface area contributed by atoms with Crippen molar-refractivity contribution in [3.8, 4) is 0 Å². The molecule has 1 aromatic rings. The van der Waals surface area contributed by atoms with Crippen molar-refractivity contribution in [3.05, 3.63) is 29.3 Å². The van der Waals surface area contributed by atoms with Gasteiger partial charge in [0.05, 0.1) is 0 Å². The number of urea groups is 1. The Bertz CT molecular complexity index is 863. The summed E-state index contributed by atoms with van der Waals surface area (Å²) in [5.74, 6) is -1.66. The van der Waals surface area contributed by atoms with Crippen LogP contribution in [0.15, 0.2) is 18.2 Å². The molecule has 1 spiro atoms. The van der Waals surface area contributed by atoms with E-state index in [2.05, 4.69) is 10.6 Å². The number of para-hydroxylation sites is 1. The Morgan fingerprint density at radius 1 is 1.27 bits per heavy atom. The highest BCUT2D eigenvalue weighted by Gasteiger charge is 2.55. The predicted octanol–water partition coefficient (Wildman–Crippen LogP) is 2.67. The van der Waals surface area contributed by atoms with E-state index in [4.69, 9.17) is 4.74 Å². The second kappa shape index (κ2) is 8.45. The largest absolute Gasteiger partial charge is 0.451 e. The fourth-order valence-electron chi connectivity index (χ4n) is 4.29. The standard InChI is InChI=1S/C22H29N3O5/c1-13-8-7-9-14(2)18(13)23-19(27)16(4)30-17(26)12-25-20(28)22(24-21(25)29)11-6-5-10-15(22)3/h7-9,15-16H,5-6,10-12H2,1-4H3,(H,23,27)(H,24,29)/t15-,16-,22+/m0/s1. The van der Waals surface area contributed by atoms with Gasteiger partial charge in [0.25, 0.3) is 11.8 Å². The van der Waals surface area contributed by atoms with Crippen LogP contribution in [0.1, 0.15) is 50.7 Å². The molecular formula is C22H29N3O5. The third-order valence-electron chi connectivity index (χ3n) is 6.20. The van der Waals surface area contributed by atoms with Crippen LogP contribution in [0.2, 0.25) is 0 Å². The zero-order chi connectivity index (χ0) is 22.1. The molecule has 3 atom stereocenters. The van der Waals surface area contributed by atoms with Gasteiger partial charge in [-0.05, 0) is 50.7 Å². The molecule has 3 rings (SSSR count). The number of imide groups is 1. The quantitative estimate of drug-likeness (QED) is 0.568. The average Bonchev–Trinajstić information content (AvgIpc) is 2.92. The van der Waals surface area contributed by atoms with Crippen molar-refractivity contribution in [1.82, 2.24) is 10.2 Å².